The summed E-state index contributed by atoms with van der Waals surface area (Å²) in [6, 6.07) is 0. The summed E-state index contributed by atoms with van der Waals surface area (Å²) >= 11 is 0. The summed E-state index contributed by atoms with van der Waals surface area (Å²) in [4.78, 5) is 0. The van der Waals surface area contributed by atoms with Crippen LogP contribution >= 0.6 is 9.24 Å². The maximum Gasteiger partial charge on any atom is 0.0299 e. The van der Waals surface area contributed by atoms with Crippen LogP contribution in [0.2, 0.25) is 0 Å². The fourth-order valence-electron chi connectivity index (χ4n) is 2.37. The van der Waals surface area contributed by atoms with Crippen LogP contribution in [0, 0.1) is 35.0 Å². The number of allylic oxidation sites excluding steroid dienone is 1. The van der Waals surface area contributed by atoms with E-state index in [1.807, 2.05) is 0 Å². The van der Waals surface area contributed by atoms with Crippen LogP contribution in [0.4, 0.5) is 0 Å². The molecule has 0 heterocycles. The molecule has 0 aromatic heterocycles. The van der Waals surface area contributed by atoms with Gasteiger partial charge in [-0.15, -0.1) is 9.24 Å². The van der Waals surface area contributed by atoms with Crippen molar-refractivity contribution < 1.29 is 0 Å². The standard InChI is InChI=1S/C19H35P/c1-8-17(14-20)11-9-10-16(4)18(15(2)3)12-13-19(5,6)7/h15,17-18H,4,8,10,12-14,20H2,1-3,5-7H3. The maximum absolute atomic E-state index is 4.32. The van der Waals surface area contributed by atoms with Crippen LogP contribution in [-0.4, -0.2) is 6.16 Å². The second kappa shape index (κ2) is 9.63. The first-order valence-corrected chi connectivity index (χ1v) is 8.89. The molecule has 0 nitrogen and oxygen atoms in total. The van der Waals surface area contributed by atoms with Crippen LogP contribution in [-0.2, 0) is 0 Å². The molecule has 20 heavy (non-hydrogen) atoms. The molecule has 0 saturated carbocycles. The highest BCUT2D eigenvalue weighted by atomic mass is 31.0. The molecule has 0 saturated heterocycles. The summed E-state index contributed by atoms with van der Waals surface area (Å²) in [5.74, 6) is 8.54. The van der Waals surface area contributed by atoms with Crippen molar-refractivity contribution in [3.8, 4) is 11.8 Å². The first-order valence-electron chi connectivity index (χ1n) is 8.07. The van der Waals surface area contributed by atoms with Crippen LogP contribution in [0.25, 0.3) is 0 Å². The predicted octanol–water partition coefficient (Wildman–Crippen LogP) is 5.94. The second-order valence-electron chi connectivity index (χ2n) is 7.45. The largest absolute Gasteiger partial charge is 0.136 e. The number of hydrogen-bond acceptors (Lipinski definition) is 0. The minimum absolute atomic E-state index is 0.409. The van der Waals surface area contributed by atoms with Gasteiger partial charge < -0.3 is 0 Å². The molecular formula is C19H35P. The normalized spacial score (nSPS) is 14.6. The van der Waals surface area contributed by atoms with E-state index in [0.717, 1.165) is 19.0 Å². The highest BCUT2D eigenvalue weighted by Crippen LogP contribution is 2.31. The van der Waals surface area contributed by atoms with Gasteiger partial charge in [-0.1, -0.05) is 65.5 Å². The summed E-state index contributed by atoms with van der Waals surface area (Å²) in [7, 11) is 2.80. The van der Waals surface area contributed by atoms with Gasteiger partial charge in [-0.25, -0.2) is 0 Å². The Hall–Kier alpha value is -0.270. The van der Waals surface area contributed by atoms with Gasteiger partial charge in [-0.05, 0) is 42.7 Å². The SMILES string of the molecule is C=C(CC#CC(CC)CP)C(CCC(C)(C)C)C(C)C. The van der Waals surface area contributed by atoms with Gasteiger partial charge in [0, 0.05) is 12.3 Å². The lowest BCUT2D eigenvalue weighted by atomic mass is 9.79. The van der Waals surface area contributed by atoms with Gasteiger partial charge in [-0.2, -0.15) is 0 Å². The molecular weight excluding hydrogens is 259 g/mol. The van der Waals surface area contributed by atoms with Crippen LogP contribution in [0.1, 0.15) is 67.2 Å². The second-order valence-corrected chi connectivity index (χ2v) is 7.92. The quantitative estimate of drug-likeness (QED) is 0.310. The molecule has 0 amide bonds. The van der Waals surface area contributed by atoms with Gasteiger partial charge in [0.15, 0.2) is 0 Å². The average molecular weight is 294 g/mol. The van der Waals surface area contributed by atoms with E-state index < -0.39 is 0 Å². The lowest BCUT2D eigenvalue weighted by Crippen LogP contribution is -2.15. The third-order valence-corrected chi connectivity index (χ3v) is 4.50. The van der Waals surface area contributed by atoms with Gasteiger partial charge in [0.25, 0.3) is 0 Å². The molecule has 0 rings (SSSR count). The van der Waals surface area contributed by atoms with Crippen LogP contribution in [0.3, 0.4) is 0 Å². The molecule has 0 spiro atoms. The van der Waals surface area contributed by atoms with E-state index in [2.05, 4.69) is 69.2 Å². The van der Waals surface area contributed by atoms with Crippen LogP contribution in [0.15, 0.2) is 12.2 Å². The Morgan fingerprint density at radius 3 is 2.25 bits per heavy atom. The predicted molar refractivity (Wildman–Crippen MR) is 96.9 cm³/mol. The molecule has 1 heteroatoms. The molecule has 116 valence electrons. The summed E-state index contributed by atoms with van der Waals surface area (Å²) in [5.41, 5.74) is 1.74. The van der Waals surface area contributed by atoms with Crippen molar-refractivity contribution in [2.45, 2.75) is 67.2 Å². The summed E-state index contributed by atoms with van der Waals surface area (Å²) in [6.45, 7) is 18.1. The van der Waals surface area contributed by atoms with Crippen LogP contribution in [0.5, 0.6) is 0 Å². The minimum atomic E-state index is 0.409. The topological polar surface area (TPSA) is 0 Å². The zero-order valence-corrected chi connectivity index (χ0v) is 15.7. The third-order valence-electron chi connectivity index (χ3n) is 3.93. The van der Waals surface area contributed by atoms with E-state index in [1.165, 1.54) is 18.4 Å². The molecule has 0 fully saturated rings. The van der Waals surface area contributed by atoms with E-state index >= 15 is 0 Å². The third kappa shape index (κ3) is 8.81. The van der Waals surface area contributed by atoms with Crippen molar-refractivity contribution in [1.82, 2.24) is 0 Å². The smallest absolute Gasteiger partial charge is 0.0299 e. The lowest BCUT2D eigenvalue weighted by Gasteiger charge is -2.26. The molecule has 3 atom stereocenters. The van der Waals surface area contributed by atoms with Gasteiger partial charge >= 0.3 is 0 Å². The fraction of sp³-hybridized carbons (Fsp3) is 0.789. The Bertz CT molecular complexity index is 331. The Balaban J connectivity index is 4.51. The first-order chi connectivity index (χ1) is 9.21. The highest BCUT2D eigenvalue weighted by Gasteiger charge is 2.19. The lowest BCUT2D eigenvalue weighted by molar-refractivity contribution is 0.303. The van der Waals surface area contributed by atoms with E-state index in [-0.39, 0.29) is 0 Å². The van der Waals surface area contributed by atoms with Crippen molar-refractivity contribution in [3.05, 3.63) is 12.2 Å². The monoisotopic (exact) mass is 294 g/mol. The summed E-state index contributed by atoms with van der Waals surface area (Å²) < 4.78 is 0. The van der Waals surface area contributed by atoms with Gasteiger partial charge in [0.1, 0.15) is 0 Å². The molecule has 0 bridgehead atoms. The summed E-state index contributed by atoms with van der Waals surface area (Å²) in [6.07, 6.45) is 5.58. The minimum Gasteiger partial charge on any atom is -0.136 e. The number of hydrogen-bond donors (Lipinski definition) is 0. The molecule has 0 aliphatic heterocycles. The molecule has 0 aliphatic carbocycles. The van der Waals surface area contributed by atoms with E-state index in [9.17, 15) is 0 Å². The van der Waals surface area contributed by atoms with Crippen molar-refractivity contribution in [2.24, 2.45) is 23.2 Å². The Labute approximate surface area is 130 Å². The van der Waals surface area contributed by atoms with E-state index in [1.54, 1.807) is 0 Å². The zero-order valence-electron chi connectivity index (χ0n) is 14.6. The first kappa shape index (κ1) is 19.7. The molecule has 3 unspecified atom stereocenters. The van der Waals surface area contributed by atoms with Crippen molar-refractivity contribution >= 4 is 9.24 Å². The van der Waals surface area contributed by atoms with Gasteiger partial charge in [0.2, 0.25) is 0 Å². The van der Waals surface area contributed by atoms with Gasteiger partial charge in [0.05, 0.1) is 0 Å². The van der Waals surface area contributed by atoms with Crippen molar-refractivity contribution in [2.75, 3.05) is 6.16 Å². The van der Waals surface area contributed by atoms with Gasteiger partial charge in [-0.3, -0.25) is 0 Å². The Morgan fingerprint density at radius 2 is 1.85 bits per heavy atom. The molecule has 0 aromatic carbocycles. The van der Waals surface area contributed by atoms with E-state index in [0.29, 0.717) is 23.2 Å². The zero-order chi connectivity index (χ0) is 15.8. The maximum atomic E-state index is 4.32. The van der Waals surface area contributed by atoms with Crippen molar-refractivity contribution in [3.63, 3.8) is 0 Å². The molecule has 0 aromatic rings. The van der Waals surface area contributed by atoms with Crippen molar-refractivity contribution in [1.29, 1.82) is 0 Å². The molecule has 0 N–H and O–H groups in total. The van der Waals surface area contributed by atoms with E-state index in [4.69, 9.17) is 0 Å². The average Bonchev–Trinajstić information content (AvgIpc) is 2.33. The summed E-state index contributed by atoms with van der Waals surface area (Å²) in [5, 5.41) is 0. The molecule has 0 radical (unpaired) electrons. The Morgan fingerprint density at radius 1 is 1.25 bits per heavy atom. The van der Waals surface area contributed by atoms with Crippen LogP contribution < -0.4 is 0 Å². The molecule has 0 aliphatic rings. The number of rotatable bonds is 7. The Kier molecular flexibility index (Phi) is 9.50. The highest BCUT2D eigenvalue weighted by molar-refractivity contribution is 7.16. The fourth-order valence-corrected chi connectivity index (χ4v) is 2.82.